The van der Waals surface area contributed by atoms with Crippen molar-refractivity contribution in [1.29, 1.82) is 0 Å². The number of hydrogen-bond acceptors (Lipinski definition) is 1. The Balaban J connectivity index is 2.66. The molecule has 0 saturated heterocycles. The fraction of sp³-hybridized carbons (Fsp3) is 0.500. The Morgan fingerprint density at radius 1 is 1.29 bits per heavy atom. The van der Waals surface area contributed by atoms with Crippen LogP contribution in [0, 0.1) is 19.7 Å². The van der Waals surface area contributed by atoms with Crippen molar-refractivity contribution in [3.63, 3.8) is 0 Å². The molecule has 1 aliphatic carbocycles. The largest absolute Gasteiger partial charge is 0.481 e. The van der Waals surface area contributed by atoms with Crippen molar-refractivity contribution in [1.82, 2.24) is 0 Å². The molecule has 0 bridgehead atoms. The highest BCUT2D eigenvalue weighted by Crippen LogP contribution is 2.44. The Hall–Kier alpha value is -1.38. The number of halogens is 1. The first-order valence-electron chi connectivity index (χ1n) is 5.98. The van der Waals surface area contributed by atoms with Gasteiger partial charge < -0.3 is 5.11 Å². The third-order valence-electron chi connectivity index (χ3n) is 4.03. The second-order valence-electron chi connectivity index (χ2n) is 4.96. The molecule has 1 fully saturated rings. The number of carboxylic acid groups (broad SMARTS) is 1. The van der Waals surface area contributed by atoms with E-state index in [9.17, 15) is 14.3 Å². The van der Waals surface area contributed by atoms with E-state index in [1.54, 1.807) is 6.07 Å². The van der Waals surface area contributed by atoms with Crippen LogP contribution in [0.5, 0.6) is 0 Å². The van der Waals surface area contributed by atoms with Gasteiger partial charge in [-0.15, -0.1) is 0 Å². The van der Waals surface area contributed by atoms with Crippen LogP contribution in [0.1, 0.15) is 42.4 Å². The molecule has 92 valence electrons. The number of carboxylic acids is 1. The van der Waals surface area contributed by atoms with Gasteiger partial charge in [0.05, 0.1) is 5.41 Å². The van der Waals surface area contributed by atoms with Gasteiger partial charge >= 0.3 is 5.97 Å². The van der Waals surface area contributed by atoms with E-state index in [-0.39, 0.29) is 5.82 Å². The normalized spacial score (nSPS) is 18.3. The molecule has 1 aromatic carbocycles. The van der Waals surface area contributed by atoms with Crippen LogP contribution < -0.4 is 0 Å². The average Bonchev–Trinajstić information content (AvgIpc) is 2.74. The standard InChI is InChI=1S/C14H17FO2/c1-9-5-6-11(15)12(10(9)2)14(13(16)17)7-3-4-8-14/h5-6H,3-4,7-8H2,1-2H3,(H,16,17). The zero-order valence-corrected chi connectivity index (χ0v) is 10.2. The zero-order chi connectivity index (χ0) is 12.6. The summed E-state index contributed by atoms with van der Waals surface area (Å²) in [5, 5.41) is 9.49. The minimum absolute atomic E-state index is 0.377. The van der Waals surface area contributed by atoms with E-state index >= 15 is 0 Å². The number of benzene rings is 1. The summed E-state index contributed by atoms with van der Waals surface area (Å²) in [6, 6.07) is 3.10. The lowest BCUT2D eigenvalue weighted by Crippen LogP contribution is -2.34. The highest BCUT2D eigenvalue weighted by molar-refractivity contribution is 5.82. The van der Waals surface area contributed by atoms with Gasteiger partial charge in [-0.3, -0.25) is 4.79 Å². The van der Waals surface area contributed by atoms with Gasteiger partial charge in [0.1, 0.15) is 5.82 Å². The van der Waals surface area contributed by atoms with Crippen LogP contribution in [0.15, 0.2) is 12.1 Å². The predicted molar refractivity (Wildman–Crippen MR) is 63.7 cm³/mol. The fourth-order valence-corrected chi connectivity index (χ4v) is 2.92. The Labute approximate surface area is 100 Å². The van der Waals surface area contributed by atoms with Crippen molar-refractivity contribution in [2.75, 3.05) is 0 Å². The molecule has 1 aromatic rings. The molecule has 0 radical (unpaired) electrons. The summed E-state index contributed by atoms with van der Waals surface area (Å²) in [5.41, 5.74) is 1.14. The molecule has 0 heterocycles. The van der Waals surface area contributed by atoms with E-state index in [0.29, 0.717) is 18.4 Å². The summed E-state index contributed by atoms with van der Waals surface area (Å²) in [6.07, 6.45) is 2.81. The summed E-state index contributed by atoms with van der Waals surface area (Å²) in [4.78, 5) is 11.6. The van der Waals surface area contributed by atoms with E-state index < -0.39 is 11.4 Å². The monoisotopic (exact) mass is 236 g/mol. The number of hydrogen-bond donors (Lipinski definition) is 1. The third-order valence-corrected chi connectivity index (χ3v) is 4.03. The van der Waals surface area contributed by atoms with Crippen molar-refractivity contribution < 1.29 is 14.3 Å². The first-order valence-corrected chi connectivity index (χ1v) is 5.98. The summed E-state index contributed by atoms with van der Waals surface area (Å²) in [7, 11) is 0. The molecule has 0 amide bonds. The maximum atomic E-state index is 14.0. The highest BCUT2D eigenvalue weighted by Gasteiger charge is 2.45. The second kappa shape index (κ2) is 4.13. The van der Waals surface area contributed by atoms with Crippen molar-refractivity contribution in [2.45, 2.75) is 44.9 Å². The number of carbonyl (C=O) groups is 1. The van der Waals surface area contributed by atoms with E-state index in [4.69, 9.17) is 0 Å². The molecular weight excluding hydrogens is 219 g/mol. The topological polar surface area (TPSA) is 37.3 Å². The van der Waals surface area contributed by atoms with Gasteiger partial charge in [0, 0.05) is 5.56 Å². The van der Waals surface area contributed by atoms with Gasteiger partial charge in [0.25, 0.3) is 0 Å². The van der Waals surface area contributed by atoms with Crippen LogP contribution >= 0.6 is 0 Å². The van der Waals surface area contributed by atoms with E-state index in [2.05, 4.69) is 0 Å². The lowest BCUT2D eigenvalue weighted by molar-refractivity contribution is -0.143. The predicted octanol–water partition coefficient (Wildman–Crippen LogP) is 3.34. The summed E-state index contributed by atoms with van der Waals surface area (Å²) in [5.74, 6) is -1.26. The summed E-state index contributed by atoms with van der Waals surface area (Å²) in [6.45, 7) is 3.71. The summed E-state index contributed by atoms with van der Waals surface area (Å²) >= 11 is 0. The molecule has 2 rings (SSSR count). The molecule has 0 aliphatic heterocycles. The molecule has 1 aliphatic rings. The maximum absolute atomic E-state index is 14.0. The Morgan fingerprint density at radius 3 is 2.41 bits per heavy atom. The van der Waals surface area contributed by atoms with Crippen molar-refractivity contribution in [3.05, 3.63) is 34.6 Å². The van der Waals surface area contributed by atoms with Gasteiger partial charge in [-0.2, -0.15) is 0 Å². The molecule has 0 aromatic heterocycles. The molecule has 0 atom stereocenters. The maximum Gasteiger partial charge on any atom is 0.314 e. The summed E-state index contributed by atoms with van der Waals surface area (Å²) < 4.78 is 14.0. The minimum atomic E-state index is -1.000. The van der Waals surface area contributed by atoms with E-state index in [0.717, 1.165) is 24.0 Å². The lowest BCUT2D eigenvalue weighted by Gasteiger charge is -2.27. The smallest absolute Gasteiger partial charge is 0.314 e. The molecule has 1 saturated carbocycles. The Morgan fingerprint density at radius 2 is 1.88 bits per heavy atom. The molecule has 1 N–H and O–H groups in total. The van der Waals surface area contributed by atoms with Gasteiger partial charge in [-0.05, 0) is 43.9 Å². The lowest BCUT2D eigenvalue weighted by atomic mass is 9.76. The minimum Gasteiger partial charge on any atom is -0.481 e. The first-order chi connectivity index (χ1) is 7.99. The van der Waals surface area contributed by atoms with Crippen molar-refractivity contribution >= 4 is 5.97 Å². The molecule has 0 spiro atoms. The second-order valence-corrected chi connectivity index (χ2v) is 4.96. The van der Waals surface area contributed by atoms with Crippen molar-refractivity contribution in [2.24, 2.45) is 0 Å². The van der Waals surface area contributed by atoms with Gasteiger partial charge in [0.15, 0.2) is 0 Å². The quantitative estimate of drug-likeness (QED) is 0.855. The molecule has 3 heteroatoms. The van der Waals surface area contributed by atoms with Crippen LogP contribution in [0.25, 0.3) is 0 Å². The van der Waals surface area contributed by atoms with Gasteiger partial charge in [-0.25, -0.2) is 4.39 Å². The van der Waals surface area contributed by atoms with Crippen LogP contribution in [0.4, 0.5) is 4.39 Å². The molecular formula is C14H17FO2. The SMILES string of the molecule is Cc1ccc(F)c(C2(C(=O)O)CCCC2)c1C. The Kier molecular flexibility index (Phi) is 2.94. The van der Waals surface area contributed by atoms with Crippen LogP contribution in [-0.4, -0.2) is 11.1 Å². The zero-order valence-electron chi connectivity index (χ0n) is 10.2. The van der Waals surface area contributed by atoms with Crippen molar-refractivity contribution in [3.8, 4) is 0 Å². The number of aliphatic carboxylic acids is 1. The van der Waals surface area contributed by atoms with Crippen LogP contribution in [0.2, 0.25) is 0 Å². The molecule has 17 heavy (non-hydrogen) atoms. The van der Waals surface area contributed by atoms with Gasteiger partial charge in [0.2, 0.25) is 0 Å². The highest BCUT2D eigenvalue weighted by atomic mass is 19.1. The van der Waals surface area contributed by atoms with E-state index in [1.807, 2.05) is 13.8 Å². The van der Waals surface area contributed by atoms with Crippen LogP contribution in [-0.2, 0) is 10.2 Å². The first kappa shape index (κ1) is 12.1. The average molecular weight is 236 g/mol. The fourth-order valence-electron chi connectivity index (χ4n) is 2.92. The number of rotatable bonds is 2. The van der Waals surface area contributed by atoms with E-state index in [1.165, 1.54) is 6.07 Å². The number of aryl methyl sites for hydroxylation is 1. The van der Waals surface area contributed by atoms with Gasteiger partial charge in [-0.1, -0.05) is 18.9 Å². The van der Waals surface area contributed by atoms with Crippen LogP contribution in [0.3, 0.4) is 0 Å². The molecule has 0 unspecified atom stereocenters. The Bertz CT molecular complexity index is 460. The third kappa shape index (κ3) is 1.74. The molecule has 2 nitrogen and oxygen atoms in total.